The van der Waals surface area contributed by atoms with Gasteiger partial charge in [-0.25, -0.2) is 9.97 Å². The average Bonchev–Trinajstić information content (AvgIpc) is 2.92. The molecule has 2 heterocycles. The molecule has 2 aromatic heterocycles. The Morgan fingerprint density at radius 2 is 2.24 bits per heavy atom. The predicted molar refractivity (Wildman–Crippen MR) is 74.6 cm³/mol. The Labute approximate surface area is 111 Å². The summed E-state index contributed by atoms with van der Waals surface area (Å²) in [4.78, 5) is 12.2. The van der Waals surface area contributed by atoms with Gasteiger partial charge in [-0.05, 0) is 19.1 Å². The highest BCUT2D eigenvalue weighted by Crippen LogP contribution is 2.25. The Morgan fingerprint density at radius 3 is 3.00 bits per heavy atom. The van der Waals surface area contributed by atoms with Crippen LogP contribution in [0.2, 0.25) is 0 Å². The van der Waals surface area contributed by atoms with Crippen molar-refractivity contribution in [3.63, 3.8) is 0 Å². The van der Waals surface area contributed by atoms with E-state index in [1.165, 1.54) is 0 Å². The molecular weight excluding hydrogens is 298 g/mol. The van der Waals surface area contributed by atoms with E-state index in [9.17, 15) is 0 Å². The number of thiazole rings is 1. The zero-order valence-electron chi connectivity index (χ0n) is 9.20. The first-order valence-electron chi connectivity index (χ1n) is 5.23. The van der Waals surface area contributed by atoms with Crippen LogP contribution >= 0.6 is 27.3 Å². The van der Waals surface area contributed by atoms with Crippen LogP contribution < -0.4 is 0 Å². The van der Waals surface area contributed by atoms with Gasteiger partial charge in [-0.15, -0.1) is 11.3 Å². The van der Waals surface area contributed by atoms with Crippen LogP contribution in [0.4, 0.5) is 0 Å². The van der Waals surface area contributed by atoms with E-state index >= 15 is 0 Å². The number of imidazole rings is 1. The molecule has 0 atom stereocenters. The van der Waals surface area contributed by atoms with Gasteiger partial charge >= 0.3 is 0 Å². The van der Waals surface area contributed by atoms with Crippen molar-refractivity contribution in [1.82, 2.24) is 15.0 Å². The van der Waals surface area contributed by atoms with Crippen LogP contribution in [0.5, 0.6) is 0 Å². The number of fused-ring (bicyclic) bond motifs is 1. The fraction of sp³-hybridized carbons (Fsp3) is 0.167. The van der Waals surface area contributed by atoms with Crippen LogP contribution in [0.15, 0.2) is 23.6 Å². The van der Waals surface area contributed by atoms with E-state index in [-0.39, 0.29) is 0 Å². The average molecular weight is 308 g/mol. The lowest BCUT2D eigenvalue weighted by Gasteiger charge is -1.96. The number of H-pyrrole nitrogens is 1. The number of nitrogens with zero attached hydrogens (tertiary/aromatic N) is 2. The van der Waals surface area contributed by atoms with Crippen molar-refractivity contribution in [3.05, 3.63) is 34.4 Å². The summed E-state index contributed by atoms with van der Waals surface area (Å²) in [6.45, 7) is 1.96. The van der Waals surface area contributed by atoms with Gasteiger partial charge in [-0.3, -0.25) is 0 Å². The first-order valence-corrected chi connectivity index (χ1v) is 7.23. The number of hydrogen-bond acceptors (Lipinski definition) is 3. The Hall–Kier alpha value is -1.20. The van der Waals surface area contributed by atoms with E-state index in [1.807, 2.05) is 13.0 Å². The molecule has 0 aliphatic carbocycles. The molecule has 0 amide bonds. The molecule has 0 saturated heterocycles. The lowest BCUT2D eigenvalue weighted by molar-refractivity contribution is 1.17. The zero-order valence-corrected chi connectivity index (χ0v) is 11.6. The number of benzene rings is 1. The van der Waals surface area contributed by atoms with Crippen molar-refractivity contribution in [2.24, 2.45) is 0 Å². The minimum atomic E-state index is 0.809. The van der Waals surface area contributed by atoms with Crippen LogP contribution in [-0.2, 0) is 5.33 Å². The third kappa shape index (κ3) is 2.00. The fourth-order valence-electron chi connectivity index (χ4n) is 1.80. The molecule has 0 saturated carbocycles. The van der Waals surface area contributed by atoms with Crippen molar-refractivity contribution in [2.75, 3.05) is 0 Å². The second-order valence-corrected chi connectivity index (χ2v) is 5.32. The standard InChI is InChI=1S/C12H10BrN3S/c1-7-14-9-3-2-8(4-10(9)15-7)11-6-17-12(5-13)16-11/h2-4,6H,5H2,1H3,(H,14,15). The maximum Gasteiger partial charge on any atom is 0.104 e. The van der Waals surface area contributed by atoms with Gasteiger partial charge in [-0.1, -0.05) is 22.0 Å². The summed E-state index contributed by atoms with van der Waals surface area (Å²) < 4.78 is 0. The van der Waals surface area contributed by atoms with Gasteiger partial charge in [-0.2, -0.15) is 0 Å². The summed E-state index contributed by atoms with van der Waals surface area (Å²) >= 11 is 5.09. The predicted octanol–water partition coefficient (Wildman–Crippen LogP) is 3.89. The van der Waals surface area contributed by atoms with E-state index in [0.717, 1.165) is 38.5 Å². The second-order valence-electron chi connectivity index (χ2n) is 3.81. The SMILES string of the molecule is Cc1nc2ccc(-c3csc(CBr)n3)cc2[nH]1. The van der Waals surface area contributed by atoms with Gasteiger partial charge in [0.2, 0.25) is 0 Å². The summed E-state index contributed by atoms with van der Waals surface area (Å²) in [7, 11) is 0. The van der Waals surface area contributed by atoms with Crippen LogP contribution in [0.3, 0.4) is 0 Å². The third-order valence-electron chi connectivity index (χ3n) is 2.56. The van der Waals surface area contributed by atoms with E-state index in [2.05, 4.69) is 48.4 Å². The van der Waals surface area contributed by atoms with Gasteiger partial charge in [0.25, 0.3) is 0 Å². The van der Waals surface area contributed by atoms with E-state index < -0.39 is 0 Å². The van der Waals surface area contributed by atoms with Gasteiger partial charge in [0.15, 0.2) is 0 Å². The fourth-order valence-corrected chi connectivity index (χ4v) is 2.97. The number of aryl methyl sites for hydroxylation is 1. The monoisotopic (exact) mass is 307 g/mol. The molecule has 0 radical (unpaired) electrons. The zero-order chi connectivity index (χ0) is 11.8. The molecule has 3 rings (SSSR count). The van der Waals surface area contributed by atoms with E-state index in [4.69, 9.17) is 0 Å². The normalized spacial score (nSPS) is 11.2. The number of hydrogen-bond donors (Lipinski definition) is 1. The molecule has 0 spiro atoms. The number of nitrogens with one attached hydrogen (secondary N) is 1. The van der Waals surface area contributed by atoms with Crippen molar-refractivity contribution in [1.29, 1.82) is 0 Å². The summed E-state index contributed by atoms with van der Waals surface area (Å²) in [6.07, 6.45) is 0. The molecular formula is C12H10BrN3S. The van der Waals surface area contributed by atoms with Gasteiger partial charge in [0.1, 0.15) is 10.8 Å². The van der Waals surface area contributed by atoms with Crippen molar-refractivity contribution < 1.29 is 0 Å². The molecule has 0 bridgehead atoms. The number of aromatic nitrogens is 3. The molecule has 0 aliphatic rings. The van der Waals surface area contributed by atoms with E-state index in [1.54, 1.807) is 11.3 Å². The van der Waals surface area contributed by atoms with Crippen LogP contribution in [0, 0.1) is 6.92 Å². The third-order valence-corrected chi connectivity index (χ3v) is 4.31. The quantitative estimate of drug-likeness (QED) is 0.730. The number of halogens is 1. The Bertz CT molecular complexity index is 671. The Morgan fingerprint density at radius 1 is 1.35 bits per heavy atom. The number of alkyl halides is 1. The summed E-state index contributed by atoms with van der Waals surface area (Å²) in [5.74, 6) is 0.941. The first-order chi connectivity index (χ1) is 8.26. The summed E-state index contributed by atoms with van der Waals surface area (Å²) in [5.41, 5.74) is 4.22. The summed E-state index contributed by atoms with van der Waals surface area (Å²) in [6, 6.07) is 6.19. The molecule has 0 unspecified atom stereocenters. The maximum atomic E-state index is 4.55. The van der Waals surface area contributed by atoms with Gasteiger partial charge < -0.3 is 4.98 Å². The lowest BCUT2D eigenvalue weighted by atomic mass is 10.1. The summed E-state index contributed by atoms with van der Waals surface area (Å²) in [5, 5.41) is 3.99. The molecule has 1 aromatic carbocycles. The van der Waals surface area contributed by atoms with E-state index in [0.29, 0.717) is 0 Å². The largest absolute Gasteiger partial charge is 0.342 e. The second kappa shape index (κ2) is 4.23. The van der Waals surface area contributed by atoms with Crippen LogP contribution in [-0.4, -0.2) is 15.0 Å². The Kier molecular flexibility index (Phi) is 2.72. The molecule has 17 heavy (non-hydrogen) atoms. The van der Waals surface area contributed by atoms with Crippen molar-refractivity contribution in [3.8, 4) is 11.3 Å². The minimum Gasteiger partial charge on any atom is -0.342 e. The topological polar surface area (TPSA) is 41.6 Å². The molecule has 0 fully saturated rings. The smallest absolute Gasteiger partial charge is 0.104 e. The van der Waals surface area contributed by atoms with Crippen molar-refractivity contribution in [2.45, 2.75) is 12.3 Å². The number of aromatic amines is 1. The molecule has 3 nitrogen and oxygen atoms in total. The van der Waals surface area contributed by atoms with Crippen molar-refractivity contribution >= 4 is 38.3 Å². The molecule has 3 aromatic rings. The highest BCUT2D eigenvalue weighted by atomic mass is 79.9. The molecule has 5 heteroatoms. The highest BCUT2D eigenvalue weighted by Gasteiger charge is 2.06. The first kappa shape index (κ1) is 10.9. The molecule has 0 aliphatic heterocycles. The lowest BCUT2D eigenvalue weighted by Crippen LogP contribution is -1.80. The van der Waals surface area contributed by atoms with Gasteiger partial charge in [0.05, 0.1) is 22.1 Å². The number of rotatable bonds is 2. The molecule has 1 N–H and O–H groups in total. The van der Waals surface area contributed by atoms with Crippen LogP contribution in [0.1, 0.15) is 10.8 Å². The maximum absolute atomic E-state index is 4.55. The minimum absolute atomic E-state index is 0.809. The van der Waals surface area contributed by atoms with Gasteiger partial charge in [0, 0.05) is 10.9 Å². The molecule has 86 valence electrons. The highest BCUT2D eigenvalue weighted by molar-refractivity contribution is 9.08. The Balaban J connectivity index is 2.10. The van der Waals surface area contributed by atoms with Crippen LogP contribution in [0.25, 0.3) is 22.3 Å².